The molecule has 25 heavy (non-hydrogen) atoms. The van der Waals surface area contributed by atoms with Crippen molar-refractivity contribution < 1.29 is 0 Å². The average molecular weight is 354 g/mol. The molecular weight excluding hydrogens is 326 g/mol. The van der Waals surface area contributed by atoms with Crippen LogP contribution in [0.25, 0.3) is 15.9 Å². The van der Waals surface area contributed by atoms with E-state index in [4.69, 9.17) is 4.98 Å². The quantitative estimate of drug-likeness (QED) is 0.871. The lowest BCUT2D eigenvalue weighted by Gasteiger charge is -2.20. The molecule has 0 radical (unpaired) electrons. The Labute approximate surface area is 154 Å². The number of likely N-dealkylation sites (tertiary alicyclic amines) is 1. The second-order valence-corrected chi connectivity index (χ2v) is 9.55. The van der Waals surface area contributed by atoms with Crippen LogP contribution in [0.4, 0.5) is 0 Å². The number of fused-ring (bicyclic) bond motifs is 2. The van der Waals surface area contributed by atoms with Crippen LogP contribution in [-0.2, 0) is 0 Å². The van der Waals surface area contributed by atoms with Crippen LogP contribution < -0.4 is 5.32 Å². The summed E-state index contributed by atoms with van der Waals surface area (Å²) in [5.74, 6) is 3.23. The zero-order chi connectivity index (χ0) is 17.0. The lowest BCUT2D eigenvalue weighted by molar-refractivity contribution is 0.371. The van der Waals surface area contributed by atoms with Crippen LogP contribution in [-0.4, -0.2) is 36.6 Å². The van der Waals surface area contributed by atoms with Crippen molar-refractivity contribution >= 4 is 27.3 Å². The Kier molecular flexibility index (Phi) is 3.86. The minimum atomic E-state index is 0.692. The smallest absolute Gasteiger partial charge is 0.0969 e. The Morgan fingerprint density at radius 3 is 2.72 bits per heavy atom. The molecule has 0 unspecified atom stereocenters. The minimum Gasteiger partial charge on any atom is -0.385 e. The molecule has 1 aromatic carbocycles. The molecule has 3 aliphatic rings. The van der Waals surface area contributed by atoms with Crippen molar-refractivity contribution in [3.63, 3.8) is 0 Å². The van der Waals surface area contributed by atoms with E-state index in [2.05, 4.69) is 48.5 Å². The summed E-state index contributed by atoms with van der Waals surface area (Å²) in [6.45, 7) is 5.94. The molecule has 132 valence electrons. The number of hydrogen-bond donors (Lipinski definition) is 1. The summed E-state index contributed by atoms with van der Waals surface area (Å²) in [5, 5.41) is 4.95. The zero-order valence-corrected chi connectivity index (χ0v) is 16.0. The molecule has 5 rings (SSSR count). The van der Waals surface area contributed by atoms with E-state index in [0.717, 1.165) is 24.3 Å². The summed E-state index contributed by atoms with van der Waals surface area (Å²) >= 11 is 1.93. The first kappa shape index (κ1) is 15.8. The number of nitrogens with one attached hydrogen (secondary N) is 1. The van der Waals surface area contributed by atoms with Gasteiger partial charge in [0.2, 0.25) is 0 Å². The maximum absolute atomic E-state index is 5.06. The van der Waals surface area contributed by atoms with Gasteiger partial charge in [-0.3, -0.25) is 0 Å². The van der Waals surface area contributed by atoms with E-state index >= 15 is 0 Å². The number of allylic oxidation sites excluding steroid dienone is 1. The molecule has 2 aromatic rings. The summed E-state index contributed by atoms with van der Waals surface area (Å²) in [7, 11) is 2.27. The van der Waals surface area contributed by atoms with Crippen LogP contribution in [0, 0.1) is 17.8 Å². The van der Waals surface area contributed by atoms with Crippen molar-refractivity contribution in [3.8, 4) is 0 Å². The Balaban J connectivity index is 1.39. The van der Waals surface area contributed by atoms with Gasteiger partial charge in [-0.2, -0.15) is 0 Å². The molecule has 1 N–H and O–H groups in total. The monoisotopic (exact) mass is 353 g/mol. The lowest BCUT2D eigenvalue weighted by atomic mass is 10.0. The summed E-state index contributed by atoms with van der Waals surface area (Å²) in [6, 6.07) is 6.82. The number of aromatic nitrogens is 1. The fourth-order valence-corrected chi connectivity index (χ4v) is 6.08. The van der Waals surface area contributed by atoms with Gasteiger partial charge >= 0.3 is 0 Å². The van der Waals surface area contributed by atoms with Gasteiger partial charge in [0, 0.05) is 31.2 Å². The van der Waals surface area contributed by atoms with E-state index in [-0.39, 0.29) is 0 Å². The average Bonchev–Trinajstić information content (AvgIpc) is 3.26. The molecule has 1 saturated heterocycles. The molecule has 1 aliphatic carbocycles. The maximum atomic E-state index is 5.06. The minimum absolute atomic E-state index is 0.692. The Bertz CT molecular complexity index is 810. The van der Waals surface area contributed by atoms with Crippen molar-refractivity contribution in [3.05, 3.63) is 34.8 Å². The standard InChI is InChI=1S/C21H27N3S/c1-13-3-5-18(22-10-13)14-4-6-20-19(9-14)23-21(25-20)15-7-16-11-24(2)12-17(16)8-15/h4-6,9,13,15-17,22H,3,7-8,10-12H2,1-2H3/t13-,15-,16+,17-/m0/s1. The molecule has 4 heteroatoms. The molecule has 1 saturated carbocycles. The molecular formula is C21H27N3S. The van der Waals surface area contributed by atoms with E-state index in [9.17, 15) is 0 Å². The molecule has 0 amide bonds. The van der Waals surface area contributed by atoms with Gasteiger partial charge in [-0.25, -0.2) is 4.98 Å². The molecule has 2 aliphatic heterocycles. The SMILES string of the molecule is C[C@H]1CC=C(c2ccc3sc([C@H]4C[C@@H]5CN(C)C[C@@H]5C4)nc3c2)NC1. The number of rotatable bonds is 2. The fourth-order valence-electron chi connectivity index (χ4n) is 5.00. The molecule has 3 heterocycles. The van der Waals surface area contributed by atoms with Crippen molar-refractivity contribution in [2.24, 2.45) is 17.8 Å². The predicted octanol–water partition coefficient (Wildman–Crippen LogP) is 4.32. The summed E-state index contributed by atoms with van der Waals surface area (Å²) in [6.07, 6.45) is 6.19. The van der Waals surface area contributed by atoms with Gasteiger partial charge in [0.05, 0.1) is 15.2 Å². The molecule has 1 aromatic heterocycles. The van der Waals surface area contributed by atoms with Gasteiger partial charge in [0.25, 0.3) is 0 Å². The number of nitrogens with zero attached hydrogens (tertiary/aromatic N) is 2. The molecule has 4 atom stereocenters. The van der Waals surface area contributed by atoms with Crippen molar-refractivity contribution in [1.29, 1.82) is 0 Å². The summed E-state index contributed by atoms with van der Waals surface area (Å²) in [4.78, 5) is 7.56. The zero-order valence-electron chi connectivity index (χ0n) is 15.2. The van der Waals surface area contributed by atoms with E-state index in [0.29, 0.717) is 5.92 Å². The fraction of sp³-hybridized carbons (Fsp3) is 0.571. The van der Waals surface area contributed by atoms with E-state index in [1.165, 1.54) is 58.8 Å². The van der Waals surface area contributed by atoms with Gasteiger partial charge in [-0.1, -0.05) is 19.1 Å². The van der Waals surface area contributed by atoms with Gasteiger partial charge in [0.1, 0.15) is 0 Å². The third-order valence-electron chi connectivity index (χ3n) is 6.36. The number of thiazole rings is 1. The second-order valence-electron chi connectivity index (χ2n) is 8.48. The third kappa shape index (κ3) is 2.89. The van der Waals surface area contributed by atoms with Crippen LogP contribution in [0.15, 0.2) is 24.3 Å². The first-order valence-electron chi connectivity index (χ1n) is 9.69. The molecule has 0 bridgehead atoms. The van der Waals surface area contributed by atoms with Crippen LogP contribution in [0.3, 0.4) is 0 Å². The largest absolute Gasteiger partial charge is 0.385 e. The summed E-state index contributed by atoms with van der Waals surface area (Å²) in [5.41, 5.74) is 3.77. The highest BCUT2D eigenvalue weighted by atomic mass is 32.1. The van der Waals surface area contributed by atoms with Gasteiger partial charge in [-0.15, -0.1) is 11.3 Å². The van der Waals surface area contributed by atoms with Crippen molar-refractivity contribution in [1.82, 2.24) is 15.2 Å². The van der Waals surface area contributed by atoms with Crippen LogP contribution >= 0.6 is 11.3 Å². The van der Waals surface area contributed by atoms with E-state index in [1.54, 1.807) is 0 Å². The highest BCUT2D eigenvalue weighted by Gasteiger charge is 2.41. The number of benzene rings is 1. The topological polar surface area (TPSA) is 28.2 Å². The van der Waals surface area contributed by atoms with Crippen molar-refractivity contribution in [2.45, 2.75) is 32.1 Å². The van der Waals surface area contributed by atoms with Gasteiger partial charge < -0.3 is 10.2 Å². The second kappa shape index (κ2) is 6.10. The Morgan fingerprint density at radius 1 is 1.20 bits per heavy atom. The van der Waals surface area contributed by atoms with Crippen LogP contribution in [0.5, 0.6) is 0 Å². The van der Waals surface area contributed by atoms with Gasteiger partial charge in [-0.05, 0) is 61.8 Å². The van der Waals surface area contributed by atoms with Crippen molar-refractivity contribution in [2.75, 3.05) is 26.7 Å². The molecule has 0 spiro atoms. The highest BCUT2D eigenvalue weighted by Crippen LogP contribution is 2.47. The van der Waals surface area contributed by atoms with Crippen LogP contribution in [0.1, 0.15) is 42.7 Å². The molecule has 3 nitrogen and oxygen atoms in total. The Hall–Kier alpha value is -1.39. The van der Waals surface area contributed by atoms with E-state index in [1.807, 2.05) is 11.3 Å². The third-order valence-corrected chi connectivity index (χ3v) is 7.56. The van der Waals surface area contributed by atoms with Gasteiger partial charge in [0.15, 0.2) is 0 Å². The normalized spacial score (nSPS) is 32.6. The first-order valence-corrected chi connectivity index (χ1v) is 10.5. The first-order chi connectivity index (χ1) is 12.2. The maximum Gasteiger partial charge on any atom is 0.0969 e. The van der Waals surface area contributed by atoms with Crippen LogP contribution in [0.2, 0.25) is 0 Å². The summed E-state index contributed by atoms with van der Waals surface area (Å²) < 4.78 is 1.35. The number of hydrogen-bond acceptors (Lipinski definition) is 4. The lowest BCUT2D eigenvalue weighted by Crippen LogP contribution is -2.23. The van der Waals surface area contributed by atoms with E-state index < -0.39 is 0 Å². The predicted molar refractivity (Wildman–Crippen MR) is 106 cm³/mol. The highest BCUT2D eigenvalue weighted by molar-refractivity contribution is 7.18. The Morgan fingerprint density at radius 2 is 2.00 bits per heavy atom. The molecule has 2 fully saturated rings.